The van der Waals surface area contributed by atoms with Gasteiger partial charge in [-0.15, -0.1) is 0 Å². The number of nitrogen functional groups attached to an aromatic ring is 1. The number of methoxy groups -OCH3 is 1. The maximum absolute atomic E-state index is 6.36. The highest BCUT2D eigenvalue weighted by molar-refractivity contribution is 9.10. The molecule has 0 aromatic heterocycles. The van der Waals surface area contributed by atoms with E-state index in [2.05, 4.69) is 55.8 Å². The van der Waals surface area contributed by atoms with Crippen LogP contribution in [0.5, 0.6) is 11.5 Å². The summed E-state index contributed by atoms with van der Waals surface area (Å²) in [7, 11) is 1.70. The molecule has 2 aliphatic heterocycles. The molecule has 4 rings (SSSR count). The highest BCUT2D eigenvalue weighted by Crippen LogP contribution is 2.48. The standard InChI is InChI=1S/C22H25BrN2O2/c1-21(2)10-12-8-17(26-5)20-15(11-22(3,4)27-20)18(12)19(25-21)14-9-13(23)6-7-16(14)24/h6-9H,10-11,24H2,1-5H3. The van der Waals surface area contributed by atoms with Crippen LogP contribution >= 0.6 is 15.9 Å². The first-order valence-electron chi connectivity index (χ1n) is 9.18. The molecule has 0 bridgehead atoms. The third-order valence-corrected chi connectivity index (χ3v) is 5.66. The van der Waals surface area contributed by atoms with E-state index in [1.54, 1.807) is 7.11 Å². The number of nitrogens with zero attached hydrogens (tertiary/aromatic N) is 1. The van der Waals surface area contributed by atoms with E-state index in [9.17, 15) is 0 Å². The molecule has 0 saturated heterocycles. The van der Waals surface area contributed by atoms with Gasteiger partial charge < -0.3 is 15.2 Å². The van der Waals surface area contributed by atoms with Gasteiger partial charge >= 0.3 is 0 Å². The zero-order valence-electron chi connectivity index (χ0n) is 16.4. The van der Waals surface area contributed by atoms with Gasteiger partial charge in [0.05, 0.1) is 18.4 Å². The zero-order valence-corrected chi connectivity index (χ0v) is 18.0. The SMILES string of the molecule is COc1cc2c(c3c1OC(C)(C)C3)C(c1cc(Br)ccc1N)=NC(C)(C)C2. The predicted molar refractivity (Wildman–Crippen MR) is 113 cm³/mol. The fourth-order valence-electron chi connectivity index (χ4n) is 4.15. The molecule has 2 heterocycles. The number of rotatable bonds is 2. The quantitative estimate of drug-likeness (QED) is 0.690. The summed E-state index contributed by atoms with van der Waals surface area (Å²) < 4.78 is 12.9. The van der Waals surface area contributed by atoms with Crippen molar-refractivity contribution >= 4 is 27.3 Å². The summed E-state index contributed by atoms with van der Waals surface area (Å²) in [6.45, 7) is 8.53. The van der Waals surface area contributed by atoms with Crippen molar-refractivity contribution in [3.05, 3.63) is 51.0 Å². The van der Waals surface area contributed by atoms with Crippen LogP contribution in [0.2, 0.25) is 0 Å². The zero-order chi connectivity index (χ0) is 19.6. The lowest BCUT2D eigenvalue weighted by Gasteiger charge is -2.31. The Bertz CT molecular complexity index is 977. The second-order valence-electron chi connectivity index (χ2n) is 8.64. The molecule has 2 aromatic carbocycles. The molecule has 0 atom stereocenters. The molecule has 142 valence electrons. The van der Waals surface area contributed by atoms with E-state index in [1.807, 2.05) is 12.1 Å². The number of hydrogen-bond donors (Lipinski definition) is 1. The fraction of sp³-hybridized carbons (Fsp3) is 0.409. The molecule has 2 N–H and O–H groups in total. The molecule has 2 aromatic rings. The van der Waals surface area contributed by atoms with E-state index in [1.165, 1.54) is 11.1 Å². The first-order chi connectivity index (χ1) is 12.6. The Kier molecular flexibility index (Phi) is 4.08. The van der Waals surface area contributed by atoms with E-state index < -0.39 is 0 Å². The van der Waals surface area contributed by atoms with Crippen LogP contribution in [0.1, 0.15) is 49.9 Å². The van der Waals surface area contributed by atoms with E-state index in [-0.39, 0.29) is 11.1 Å². The van der Waals surface area contributed by atoms with E-state index in [4.69, 9.17) is 20.2 Å². The molecule has 5 heteroatoms. The maximum atomic E-state index is 6.36. The topological polar surface area (TPSA) is 56.8 Å². The van der Waals surface area contributed by atoms with Crippen molar-refractivity contribution in [2.75, 3.05) is 12.8 Å². The number of benzene rings is 2. The molecule has 0 unspecified atom stereocenters. The van der Waals surface area contributed by atoms with Gasteiger partial charge in [-0.05, 0) is 63.9 Å². The second-order valence-corrected chi connectivity index (χ2v) is 9.56. The molecular weight excluding hydrogens is 404 g/mol. The lowest BCUT2D eigenvalue weighted by Crippen LogP contribution is -2.31. The Morgan fingerprint density at radius 3 is 2.59 bits per heavy atom. The Labute approximate surface area is 168 Å². The van der Waals surface area contributed by atoms with Gasteiger partial charge in [0.1, 0.15) is 5.60 Å². The van der Waals surface area contributed by atoms with Crippen LogP contribution in [0.15, 0.2) is 33.7 Å². The van der Waals surface area contributed by atoms with Gasteiger partial charge in [-0.25, -0.2) is 0 Å². The van der Waals surface area contributed by atoms with Gasteiger partial charge in [0.15, 0.2) is 11.5 Å². The van der Waals surface area contributed by atoms with Gasteiger partial charge in [-0.2, -0.15) is 0 Å². The van der Waals surface area contributed by atoms with Crippen molar-refractivity contribution in [3.63, 3.8) is 0 Å². The summed E-state index contributed by atoms with van der Waals surface area (Å²) in [5.41, 5.74) is 12.1. The first kappa shape index (κ1) is 18.4. The maximum Gasteiger partial charge on any atom is 0.166 e. The number of fused-ring (bicyclic) bond motifs is 3. The van der Waals surface area contributed by atoms with E-state index >= 15 is 0 Å². The van der Waals surface area contributed by atoms with Gasteiger partial charge in [-0.3, -0.25) is 4.99 Å². The largest absolute Gasteiger partial charge is 0.493 e. The smallest absolute Gasteiger partial charge is 0.166 e. The fourth-order valence-corrected chi connectivity index (χ4v) is 4.51. The lowest BCUT2D eigenvalue weighted by atomic mass is 9.80. The Morgan fingerprint density at radius 1 is 1.15 bits per heavy atom. The Morgan fingerprint density at radius 2 is 1.89 bits per heavy atom. The van der Waals surface area contributed by atoms with Crippen LogP contribution in [0.4, 0.5) is 5.69 Å². The Hall–Kier alpha value is -2.01. The molecule has 0 amide bonds. The molecule has 27 heavy (non-hydrogen) atoms. The minimum absolute atomic E-state index is 0.217. The van der Waals surface area contributed by atoms with Crippen LogP contribution < -0.4 is 15.2 Å². The van der Waals surface area contributed by atoms with Crippen molar-refractivity contribution in [2.24, 2.45) is 4.99 Å². The first-order valence-corrected chi connectivity index (χ1v) is 9.97. The second kappa shape index (κ2) is 5.99. The van der Waals surface area contributed by atoms with Crippen molar-refractivity contribution in [1.82, 2.24) is 0 Å². The van der Waals surface area contributed by atoms with Crippen molar-refractivity contribution in [1.29, 1.82) is 0 Å². The molecule has 0 spiro atoms. The summed E-state index contributed by atoms with van der Waals surface area (Å²) in [6.07, 6.45) is 1.67. The number of nitrogens with two attached hydrogens (primary N) is 1. The summed E-state index contributed by atoms with van der Waals surface area (Å²) in [5, 5.41) is 0. The van der Waals surface area contributed by atoms with Crippen LogP contribution in [0.25, 0.3) is 0 Å². The minimum Gasteiger partial charge on any atom is -0.493 e. The summed E-state index contributed by atoms with van der Waals surface area (Å²) in [4.78, 5) is 5.13. The van der Waals surface area contributed by atoms with E-state index in [0.717, 1.165) is 51.3 Å². The van der Waals surface area contributed by atoms with Crippen LogP contribution in [0, 0.1) is 0 Å². The van der Waals surface area contributed by atoms with Crippen molar-refractivity contribution in [3.8, 4) is 11.5 Å². The molecule has 0 fully saturated rings. The molecule has 0 saturated carbocycles. The third-order valence-electron chi connectivity index (χ3n) is 5.17. The van der Waals surface area contributed by atoms with Crippen LogP contribution in [0.3, 0.4) is 0 Å². The molecule has 4 nitrogen and oxygen atoms in total. The van der Waals surface area contributed by atoms with Gasteiger partial charge in [-0.1, -0.05) is 15.9 Å². The highest BCUT2D eigenvalue weighted by Gasteiger charge is 2.39. The average molecular weight is 429 g/mol. The van der Waals surface area contributed by atoms with E-state index in [0.29, 0.717) is 0 Å². The van der Waals surface area contributed by atoms with Crippen molar-refractivity contribution < 1.29 is 9.47 Å². The van der Waals surface area contributed by atoms with Crippen LogP contribution in [-0.4, -0.2) is 24.0 Å². The molecular formula is C22H25BrN2O2. The number of aliphatic imine (C=N–C) groups is 1. The van der Waals surface area contributed by atoms with Crippen molar-refractivity contribution in [2.45, 2.75) is 51.7 Å². The predicted octanol–water partition coefficient (Wildman–Crippen LogP) is 4.93. The number of ether oxygens (including phenoxy) is 2. The molecule has 0 radical (unpaired) electrons. The average Bonchev–Trinajstić information content (AvgIpc) is 2.89. The third kappa shape index (κ3) is 3.12. The minimum atomic E-state index is -0.272. The summed E-state index contributed by atoms with van der Waals surface area (Å²) in [6, 6.07) is 8.05. The Balaban J connectivity index is 2.03. The molecule has 2 aliphatic rings. The number of hydrogen-bond acceptors (Lipinski definition) is 4. The lowest BCUT2D eigenvalue weighted by molar-refractivity contribution is 0.134. The normalized spacial score (nSPS) is 19.0. The molecule has 0 aliphatic carbocycles. The van der Waals surface area contributed by atoms with Gasteiger partial charge in [0.25, 0.3) is 0 Å². The van der Waals surface area contributed by atoms with Crippen LogP contribution in [-0.2, 0) is 12.8 Å². The summed E-state index contributed by atoms with van der Waals surface area (Å²) >= 11 is 3.58. The monoisotopic (exact) mass is 428 g/mol. The highest BCUT2D eigenvalue weighted by atomic mass is 79.9. The van der Waals surface area contributed by atoms with Gasteiger partial charge in [0.2, 0.25) is 0 Å². The van der Waals surface area contributed by atoms with Gasteiger partial charge in [0, 0.05) is 33.3 Å². The summed E-state index contributed by atoms with van der Waals surface area (Å²) in [5.74, 6) is 1.64. The number of halogens is 1. The number of anilines is 1.